The number of hydrogen-bond acceptors (Lipinski definition) is 5. The lowest BCUT2D eigenvalue weighted by Crippen LogP contribution is -2.12. The van der Waals surface area contributed by atoms with Gasteiger partial charge in [-0.05, 0) is 49.4 Å². The number of aryl methyl sites for hydroxylation is 1. The molecule has 0 spiro atoms. The minimum Gasteiger partial charge on any atom is -0.423 e. The third kappa shape index (κ3) is 5.26. The van der Waals surface area contributed by atoms with E-state index in [0.29, 0.717) is 27.7 Å². The summed E-state index contributed by atoms with van der Waals surface area (Å²) in [5.41, 5.74) is 1.66. The largest absolute Gasteiger partial charge is 0.423 e. The van der Waals surface area contributed by atoms with Gasteiger partial charge in [0.1, 0.15) is 5.75 Å². The molecule has 0 saturated carbocycles. The number of hydrogen-bond donors (Lipinski definition) is 1. The number of rotatable bonds is 5. The molecule has 27 heavy (non-hydrogen) atoms. The Morgan fingerprint density at radius 2 is 1.89 bits per heavy atom. The number of carbonyl (C=O) groups excluding carboxylic acids is 2. The molecule has 0 atom stereocenters. The van der Waals surface area contributed by atoms with Crippen LogP contribution < -0.4 is 10.1 Å². The van der Waals surface area contributed by atoms with Crippen LogP contribution in [0.25, 0.3) is 6.08 Å². The number of halogens is 1. The van der Waals surface area contributed by atoms with E-state index in [2.05, 4.69) is 10.3 Å². The van der Waals surface area contributed by atoms with E-state index < -0.39 is 5.97 Å². The van der Waals surface area contributed by atoms with Gasteiger partial charge in [0.05, 0.1) is 21.3 Å². The number of carbonyl (C=O) groups is 2. The van der Waals surface area contributed by atoms with Crippen LogP contribution >= 0.6 is 22.9 Å². The van der Waals surface area contributed by atoms with Crippen molar-refractivity contribution in [2.24, 2.45) is 0 Å². The summed E-state index contributed by atoms with van der Waals surface area (Å²) >= 11 is 7.52. The first-order valence-electron chi connectivity index (χ1n) is 7.99. The highest BCUT2D eigenvalue weighted by molar-refractivity contribution is 7.09. The molecule has 0 radical (unpaired) electrons. The Morgan fingerprint density at radius 1 is 1.15 bits per heavy atom. The van der Waals surface area contributed by atoms with Gasteiger partial charge in [-0.1, -0.05) is 23.7 Å². The summed E-state index contributed by atoms with van der Waals surface area (Å²) < 4.78 is 5.22. The van der Waals surface area contributed by atoms with Gasteiger partial charge >= 0.3 is 5.97 Å². The monoisotopic (exact) mass is 398 g/mol. The third-order valence-electron chi connectivity index (χ3n) is 3.48. The second-order valence-electron chi connectivity index (χ2n) is 5.50. The number of nitrogens with one attached hydrogen (secondary N) is 1. The molecule has 1 aromatic heterocycles. The van der Waals surface area contributed by atoms with Gasteiger partial charge in [0.2, 0.25) is 0 Å². The van der Waals surface area contributed by atoms with E-state index in [1.54, 1.807) is 54.6 Å². The maximum Gasteiger partial charge on any atom is 0.336 e. The fourth-order valence-electron chi connectivity index (χ4n) is 2.21. The maximum absolute atomic E-state index is 12.2. The summed E-state index contributed by atoms with van der Waals surface area (Å²) in [5, 5.41) is 5.91. The van der Waals surface area contributed by atoms with Crippen molar-refractivity contribution in [2.45, 2.75) is 6.92 Å². The average Bonchev–Trinajstić information content (AvgIpc) is 3.07. The number of esters is 1. The predicted octanol–water partition coefficient (Wildman–Crippen LogP) is 4.98. The second kappa shape index (κ2) is 8.62. The number of thiazole rings is 1. The number of anilines is 1. The molecule has 3 aromatic rings. The molecule has 1 heterocycles. The number of ether oxygens (including phenoxy) is 1. The Kier molecular flexibility index (Phi) is 6.01. The quantitative estimate of drug-likeness (QED) is 0.374. The van der Waals surface area contributed by atoms with E-state index in [4.69, 9.17) is 16.3 Å². The van der Waals surface area contributed by atoms with Crippen LogP contribution in [0.4, 0.5) is 5.69 Å². The van der Waals surface area contributed by atoms with Gasteiger partial charge in [0, 0.05) is 17.1 Å². The van der Waals surface area contributed by atoms with Crippen LogP contribution in [-0.4, -0.2) is 16.9 Å². The molecule has 0 saturated heterocycles. The van der Waals surface area contributed by atoms with Crippen LogP contribution in [0.5, 0.6) is 5.75 Å². The summed E-state index contributed by atoms with van der Waals surface area (Å²) in [6.45, 7) is 1.90. The molecule has 0 aliphatic heterocycles. The topological polar surface area (TPSA) is 68.3 Å². The molecule has 1 amide bonds. The summed E-state index contributed by atoms with van der Waals surface area (Å²) in [7, 11) is 0. The SMILES string of the molecule is Cc1nc(/C=C/C(=O)Oc2ccc(NC(=O)c3ccccc3Cl)cc2)cs1. The Balaban J connectivity index is 1.58. The number of aromatic nitrogens is 1. The lowest BCUT2D eigenvalue weighted by Gasteiger charge is -2.07. The minimum absolute atomic E-state index is 0.313. The van der Waals surface area contributed by atoms with Crippen molar-refractivity contribution in [3.63, 3.8) is 0 Å². The highest BCUT2D eigenvalue weighted by atomic mass is 35.5. The van der Waals surface area contributed by atoms with Gasteiger partial charge in [-0.2, -0.15) is 0 Å². The Bertz CT molecular complexity index is 996. The molecule has 136 valence electrons. The van der Waals surface area contributed by atoms with Crippen molar-refractivity contribution in [1.29, 1.82) is 0 Å². The summed E-state index contributed by atoms with van der Waals surface area (Å²) in [5.74, 6) is -0.449. The third-order valence-corrected chi connectivity index (χ3v) is 4.60. The Labute approximate surface area is 165 Å². The van der Waals surface area contributed by atoms with Gasteiger partial charge in [-0.25, -0.2) is 9.78 Å². The lowest BCUT2D eigenvalue weighted by molar-refractivity contribution is -0.128. The van der Waals surface area contributed by atoms with Crippen molar-refractivity contribution in [2.75, 3.05) is 5.32 Å². The van der Waals surface area contributed by atoms with Crippen molar-refractivity contribution < 1.29 is 14.3 Å². The van der Waals surface area contributed by atoms with E-state index in [1.807, 2.05) is 12.3 Å². The zero-order valence-corrected chi connectivity index (χ0v) is 15.9. The van der Waals surface area contributed by atoms with Gasteiger partial charge in [-0.15, -0.1) is 11.3 Å². The highest BCUT2D eigenvalue weighted by Crippen LogP contribution is 2.20. The van der Waals surface area contributed by atoms with E-state index in [9.17, 15) is 9.59 Å². The van der Waals surface area contributed by atoms with Crippen LogP contribution in [0.2, 0.25) is 5.02 Å². The summed E-state index contributed by atoms with van der Waals surface area (Å²) in [6.07, 6.45) is 2.92. The number of amides is 1. The molecule has 7 heteroatoms. The predicted molar refractivity (Wildman–Crippen MR) is 107 cm³/mol. The number of nitrogens with zero attached hydrogens (tertiary/aromatic N) is 1. The van der Waals surface area contributed by atoms with Gasteiger partial charge in [0.15, 0.2) is 0 Å². The summed E-state index contributed by atoms with van der Waals surface area (Å²) in [4.78, 5) is 28.3. The van der Waals surface area contributed by atoms with Crippen molar-refractivity contribution in [3.8, 4) is 5.75 Å². The zero-order chi connectivity index (χ0) is 19.2. The van der Waals surface area contributed by atoms with Gasteiger partial charge in [-0.3, -0.25) is 4.79 Å². The minimum atomic E-state index is -0.506. The van der Waals surface area contributed by atoms with Crippen molar-refractivity contribution in [3.05, 3.63) is 81.3 Å². The molecule has 0 unspecified atom stereocenters. The van der Waals surface area contributed by atoms with E-state index in [0.717, 1.165) is 5.01 Å². The molecule has 3 rings (SSSR count). The van der Waals surface area contributed by atoms with Crippen LogP contribution in [0.1, 0.15) is 21.1 Å². The Hall–Kier alpha value is -2.96. The molecule has 0 aliphatic carbocycles. The smallest absolute Gasteiger partial charge is 0.336 e. The van der Waals surface area contributed by atoms with E-state index >= 15 is 0 Å². The normalized spacial score (nSPS) is 10.7. The molecule has 0 aliphatic rings. The first-order valence-corrected chi connectivity index (χ1v) is 9.25. The van der Waals surface area contributed by atoms with Crippen LogP contribution in [0.15, 0.2) is 60.0 Å². The molecule has 5 nitrogen and oxygen atoms in total. The van der Waals surface area contributed by atoms with Gasteiger partial charge < -0.3 is 10.1 Å². The summed E-state index contributed by atoms with van der Waals surface area (Å²) in [6, 6.07) is 13.3. The van der Waals surface area contributed by atoms with Crippen LogP contribution in [-0.2, 0) is 4.79 Å². The molecule has 0 bridgehead atoms. The maximum atomic E-state index is 12.2. The van der Waals surface area contributed by atoms with Crippen molar-refractivity contribution in [1.82, 2.24) is 4.98 Å². The van der Waals surface area contributed by atoms with Gasteiger partial charge in [0.25, 0.3) is 5.91 Å². The number of benzene rings is 2. The van der Waals surface area contributed by atoms with E-state index in [-0.39, 0.29) is 5.91 Å². The zero-order valence-electron chi connectivity index (χ0n) is 14.3. The molecule has 2 aromatic carbocycles. The average molecular weight is 399 g/mol. The fraction of sp³-hybridized carbons (Fsp3) is 0.0500. The Morgan fingerprint density at radius 3 is 2.56 bits per heavy atom. The van der Waals surface area contributed by atoms with Crippen LogP contribution in [0.3, 0.4) is 0 Å². The second-order valence-corrected chi connectivity index (χ2v) is 6.97. The standard InChI is InChI=1S/C20H15ClN2O3S/c1-13-22-15(12-27-13)8-11-19(24)26-16-9-6-14(7-10-16)23-20(25)17-4-2-3-5-18(17)21/h2-12H,1H3,(H,23,25)/b11-8+. The van der Waals surface area contributed by atoms with Crippen LogP contribution in [0, 0.1) is 6.92 Å². The molecule has 0 fully saturated rings. The first-order chi connectivity index (χ1) is 13.0. The lowest BCUT2D eigenvalue weighted by atomic mass is 10.2. The fourth-order valence-corrected chi connectivity index (χ4v) is 3.01. The molecular formula is C20H15ClN2O3S. The highest BCUT2D eigenvalue weighted by Gasteiger charge is 2.10. The first kappa shape index (κ1) is 18.8. The van der Waals surface area contributed by atoms with E-state index in [1.165, 1.54) is 17.4 Å². The molecular weight excluding hydrogens is 384 g/mol. The molecule has 1 N–H and O–H groups in total. The van der Waals surface area contributed by atoms with Crippen molar-refractivity contribution >= 4 is 46.6 Å².